The number of benzene rings is 1. The molecule has 0 aliphatic heterocycles. The molecule has 0 bridgehead atoms. The van der Waals surface area contributed by atoms with Crippen molar-refractivity contribution >= 4 is 39.0 Å². The molecular weight excluding hydrogens is 361 g/mol. The summed E-state index contributed by atoms with van der Waals surface area (Å²) in [7, 11) is 0. The van der Waals surface area contributed by atoms with Crippen LogP contribution in [-0.2, 0) is 0 Å². The van der Waals surface area contributed by atoms with Crippen LogP contribution in [0.5, 0.6) is 0 Å². The number of hydrogen-bond donors (Lipinski definition) is 1. The molecule has 5 nitrogen and oxygen atoms in total. The molecule has 106 valence electrons. The van der Waals surface area contributed by atoms with Gasteiger partial charge < -0.3 is 5.32 Å². The van der Waals surface area contributed by atoms with Crippen molar-refractivity contribution in [1.29, 1.82) is 0 Å². The van der Waals surface area contributed by atoms with Gasteiger partial charge in [-0.2, -0.15) is 9.49 Å². The van der Waals surface area contributed by atoms with E-state index in [0.29, 0.717) is 16.5 Å². The average molecular weight is 369 g/mol. The molecule has 0 aliphatic carbocycles. The summed E-state index contributed by atoms with van der Waals surface area (Å²) in [5.41, 5.74) is 1.40. The summed E-state index contributed by atoms with van der Waals surface area (Å²) in [6.45, 7) is 0. The van der Waals surface area contributed by atoms with Gasteiger partial charge >= 0.3 is 0 Å². The number of rotatable bonds is 3. The van der Waals surface area contributed by atoms with E-state index >= 15 is 0 Å². The first-order chi connectivity index (χ1) is 10.1. The van der Waals surface area contributed by atoms with Crippen molar-refractivity contribution in [2.75, 3.05) is 5.32 Å². The minimum Gasteiger partial charge on any atom is -0.337 e. The van der Waals surface area contributed by atoms with Crippen LogP contribution < -0.4 is 5.32 Å². The van der Waals surface area contributed by atoms with Crippen molar-refractivity contribution in [3.8, 4) is 5.69 Å². The van der Waals surface area contributed by atoms with Crippen molar-refractivity contribution in [2.24, 2.45) is 0 Å². The highest BCUT2D eigenvalue weighted by Gasteiger charge is 2.10. The number of aromatic nitrogens is 4. The molecule has 3 rings (SSSR count). The van der Waals surface area contributed by atoms with E-state index in [1.54, 1.807) is 23.1 Å². The number of nitrogens with one attached hydrogen (secondary N) is 1. The lowest BCUT2D eigenvalue weighted by Gasteiger charge is -2.05. The molecule has 0 unspecified atom stereocenters. The first kappa shape index (κ1) is 14.0. The Hall–Kier alpha value is -1.99. The van der Waals surface area contributed by atoms with Crippen LogP contribution in [0, 0.1) is 5.95 Å². The summed E-state index contributed by atoms with van der Waals surface area (Å²) in [4.78, 5) is 7.40. The molecule has 2 aromatic heterocycles. The second kappa shape index (κ2) is 5.79. The second-order valence-corrected chi connectivity index (χ2v) is 5.28. The standard InChI is InChI=1S/C13H8BrClFN5/c14-11-12(16)17-7-18-13(11)20-8-5-19-21(6-8)10-4-2-1-3-9(10)15/h1-7H,(H,17,18,20). The Morgan fingerprint density at radius 3 is 2.86 bits per heavy atom. The van der Waals surface area contributed by atoms with Crippen LogP contribution in [0.3, 0.4) is 0 Å². The fraction of sp³-hybridized carbons (Fsp3) is 0. The topological polar surface area (TPSA) is 55.6 Å². The zero-order valence-corrected chi connectivity index (χ0v) is 12.8. The fourth-order valence-electron chi connectivity index (χ4n) is 1.73. The van der Waals surface area contributed by atoms with E-state index in [0.717, 1.165) is 12.0 Å². The molecule has 0 saturated carbocycles. The van der Waals surface area contributed by atoms with Crippen LogP contribution in [0.2, 0.25) is 5.02 Å². The van der Waals surface area contributed by atoms with Crippen molar-refractivity contribution in [3.63, 3.8) is 0 Å². The van der Waals surface area contributed by atoms with Gasteiger partial charge in [0.1, 0.15) is 10.8 Å². The molecule has 0 atom stereocenters. The Morgan fingerprint density at radius 1 is 1.24 bits per heavy atom. The Labute approximate surface area is 132 Å². The minimum absolute atomic E-state index is 0.162. The Morgan fingerprint density at radius 2 is 2.05 bits per heavy atom. The van der Waals surface area contributed by atoms with Gasteiger partial charge in [-0.3, -0.25) is 0 Å². The van der Waals surface area contributed by atoms with Gasteiger partial charge in [-0.05, 0) is 28.1 Å². The lowest BCUT2D eigenvalue weighted by molar-refractivity contribution is 0.573. The summed E-state index contributed by atoms with van der Waals surface area (Å²) < 4.78 is 15.1. The van der Waals surface area contributed by atoms with Crippen LogP contribution >= 0.6 is 27.5 Å². The van der Waals surface area contributed by atoms with E-state index < -0.39 is 5.95 Å². The molecular formula is C13H8BrClFN5. The zero-order chi connectivity index (χ0) is 14.8. The molecule has 8 heteroatoms. The van der Waals surface area contributed by atoms with E-state index in [9.17, 15) is 4.39 Å². The molecule has 21 heavy (non-hydrogen) atoms. The summed E-state index contributed by atoms with van der Waals surface area (Å²) in [5.74, 6) is -0.313. The molecule has 0 saturated heterocycles. The van der Waals surface area contributed by atoms with Crippen molar-refractivity contribution in [1.82, 2.24) is 19.7 Å². The zero-order valence-electron chi connectivity index (χ0n) is 10.5. The summed E-state index contributed by atoms with van der Waals surface area (Å²) in [6, 6.07) is 7.34. The maximum Gasteiger partial charge on any atom is 0.232 e. The normalized spacial score (nSPS) is 10.6. The van der Waals surface area contributed by atoms with Gasteiger partial charge in [0.15, 0.2) is 5.82 Å². The number of hydrogen-bond acceptors (Lipinski definition) is 4. The molecule has 0 fully saturated rings. The van der Waals surface area contributed by atoms with Gasteiger partial charge in [0.2, 0.25) is 5.95 Å². The quantitative estimate of drug-likeness (QED) is 0.711. The predicted molar refractivity (Wildman–Crippen MR) is 81.5 cm³/mol. The Bertz CT molecular complexity index is 792. The smallest absolute Gasteiger partial charge is 0.232 e. The average Bonchev–Trinajstić information content (AvgIpc) is 2.93. The van der Waals surface area contributed by atoms with Gasteiger partial charge in [-0.25, -0.2) is 14.6 Å². The highest BCUT2D eigenvalue weighted by Crippen LogP contribution is 2.26. The molecule has 1 N–H and O–H groups in total. The first-order valence-electron chi connectivity index (χ1n) is 5.88. The van der Waals surface area contributed by atoms with E-state index in [2.05, 4.69) is 36.3 Å². The minimum atomic E-state index is -0.633. The van der Waals surface area contributed by atoms with E-state index in [1.165, 1.54) is 0 Å². The lowest BCUT2D eigenvalue weighted by atomic mass is 10.3. The van der Waals surface area contributed by atoms with Crippen LogP contribution in [0.1, 0.15) is 0 Å². The van der Waals surface area contributed by atoms with E-state index in [-0.39, 0.29) is 4.47 Å². The lowest BCUT2D eigenvalue weighted by Crippen LogP contribution is -1.98. The first-order valence-corrected chi connectivity index (χ1v) is 7.05. The number of halogens is 3. The molecule has 0 aliphatic rings. The Balaban J connectivity index is 1.89. The third-order valence-electron chi connectivity index (χ3n) is 2.69. The maximum atomic E-state index is 13.3. The molecule has 0 radical (unpaired) electrons. The number of para-hydroxylation sites is 1. The van der Waals surface area contributed by atoms with Crippen LogP contribution in [0.25, 0.3) is 5.69 Å². The highest BCUT2D eigenvalue weighted by molar-refractivity contribution is 9.10. The summed E-state index contributed by atoms with van der Waals surface area (Å²) in [5, 5.41) is 7.76. The van der Waals surface area contributed by atoms with Crippen LogP contribution in [-0.4, -0.2) is 19.7 Å². The third kappa shape index (κ3) is 2.88. The van der Waals surface area contributed by atoms with Crippen LogP contribution in [0.4, 0.5) is 15.9 Å². The summed E-state index contributed by atoms with van der Waals surface area (Å²) in [6.07, 6.45) is 4.46. The number of nitrogens with zero attached hydrogens (tertiary/aromatic N) is 4. The van der Waals surface area contributed by atoms with Gasteiger partial charge in [-0.1, -0.05) is 23.7 Å². The van der Waals surface area contributed by atoms with E-state index in [4.69, 9.17) is 11.6 Å². The Kier molecular flexibility index (Phi) is 3.85. The SMILES string of the molecule is Fc1ncnc(Nc2cnn(-c3ccccc3Cl)c2)c1Br. The van der Waals surface area contributed by atoms with Gasteiger partial charge in [0.25, 0.3) is 0 Å². The maximum absolute atomic E-state index is 13.3. The predicted octanol–water partition coefficient (Wildman–Crippen LogP) is 3.96. The molecule has 3 aromatic rings. The highest BCUT2D eigenvalue weighted by atomic mass is 79.9. The van der Waals surface area contributed by atoms with Crippen LogP contribution in [0.15, 0.2) is 47.5 Å². The molecule has 2 heterocycles. The van der Waals surface area contributed by atoms with Crippen molar-refractivity contribution in [2.45, 2.75) is 0 Å². The monoisotopic (exact) mass is 367 g/mol. The largest absolute Gasteiger partial charge is 0.337 e. The van der Waals surface area contributed by atoms with Crippen molar-refractivity contribution < 1.29 is 4.39 Å². The van der Waals surface area contributed by atoms with Gasteiger partial charge in [-0.15, -0.1) is 0 Å². The third-order valence-corrected chi connectivity index (χ3v) is 3.71. The van der Waals surface area contributed by atoms with E-state index in [1.807, 2.05) is 18.2 Å². The van der Waals surface area contributed by atoms with Crippen molar-refractivity contribution in [3.05, 3.63) is 58.4 Å². The molecule has 0 amide bonds. The molecule has 0 spiro atoms. The van der Waals surface area contributed by atoms with Gasteiger partial charge in [0.05, 0.1) is 28.8 Å². The number of anilines is 2. The summed E-state index contributed by atoms with van der Waals surface area (Å²) >= 11 is 9.21. The fourth-order valence-corrected chi connectivity index (χ4v) is 2.26. The second-order valence-electron chi connectivity index (χ2n) is 4.08. The molecule has 1 aromatic carbocycles. The van der Waals surface area contributed by atoms with Gasteiger partial charge in [0, 0.05) is 0 Å².